The van der Waals surface area contributed by atoms with Gasteiger partial charge in [0.15, 0.2) is 11.2 Å². The molecule has 0 fully saturated rings. The molecule has 0 aliphatic carbocycles. The average molecular weight is 367 g/mol. The zero-order valence-electron chi connectivity index (χ0n) is 15.5. The number of aryl methyl sites for hydroxylation is 2. The second-order valence-corrected chi connectivity index (χ2v) is 6.92. The SMILES string of the molecule is Cc1cc(=O)c2cc(-c3ccc4ncccc4c3)c(-c3ccc(C)o3)nc2[nH]1. The van der Waals surface area contributed by atoms with Crippen molar-refractivity contribution in [1.82, 2.24) is 15.0 Å². The fourth-order valence-electron chi connectivity index (χ4n) is 3.51. The molecule has 0 spiro atoms. The van der Waals surface area contributed by atoms with E-state index < -0.39 is 0 Å². The van der Waals surface area contributed by atoms with Crippen LogP contribution in [0, 0.1) is 13.8 Å². The van der Waals surface area contributed by atoms with Crippen molar-refractivity contribution in [3.05, 3.63) is 82.5 Å². The number of aromatic nitrogens is 3. The van der Waals surface area contributed by atoms with Crippen LogP contribution in [0.1, 0.15) is 11.5 Å². The third kappa shape index (κ3) is 2.68. The van der Waals surface area contributed by atoms with Crippen LogP contribution in [0.25, 0.3) is 44.5 Å². The van der Waals surface area contributed by atoms with Crippen LogP contribution in [-0.4, -0.2) is 15.0 Å². The first-order valence-electron chi connectivity index (χ1n) is 9.05. The Morgan fingerprint density at radius 3 is 2.71 bits per heavy atom. The molecule has 0 amide bonds. The number of fused-ring (bicyclic) bond motifs is 2. The fraction of sp³-hybridized carbons (Fsp3) is 0.0870. The molecule has 0 saturated carbocycles. The number of hydrogen-bond donors (Lipinski definition) is 1. The Morgan fingerprint density at radius 2 is 1.89 bits per heavy atom. The molecule has 1 aromatic carbocycles. The molecule has 0 aliphatic heterocycles. The van der Waals surface area contributed by atoms with Gasteiger partial charge in [-0.05, 0) is 55.8 Å². The van der Waals surface area contributed by atoms with Gasteiger partial charge in [0, 0.05) is 28.9 Å². The van der Waals surface area contributed by atoms with Crippen molar-refractivity contribution in [2.24, 2.45) is 0 Å². The Bertz CT molecular complexity index is 1410. The van der Waals surface area contributed by atoms with Gasteiger partial charge in [-0.15, -0.1) is 0 Å². The van der Waals surface area contributed by atoms with E-state index in [1.54, 1.807) is 12.3 Å². The summed E-state index contributed by atoms with van der Waals surface area (Å²) in [5.41, 5.74) is 4.70. The highest BCUT2D eigenvalue weighted by atomic mass is 16.3. The molecule has 0 bridgehead atoms. The van der Waals surface area contributed by atoms with Crippen molar-refractivity contribution in [3.63, 3.8) is 0 Å². The number of hydrogen-bond acceptors (Lipinski definition) is 4. The summed E-state index contributed by atoms with van der Waals surface area (Å²) < 4.78 is 5.86. The molecule has 0 saturated heterocycles. The summed E-state index contributed by atoms with van der Waals surface area (Å²) in [6.07, 6.45) is 1.78. The number of aromatic amines is 1. The van der Waals surface area contributed by atoms with Crippen molar-refractivity contribution in [3.8, 4) is 22.6 Å². The normalized spacial score (nSPS) is 11.4. The summed E-state index contributed by atoms with van der Waals surface area (Å²) in [7, 11) is 0. The molecule has 4 aromatic heterocycles. The van der Waals surface area contributed by atoms with Crippen molar-refractivity contribution in [1.29, 1.82) is 0 Å². The first kappa shape index (κ1) is 16.4. The van der Waals surface area contributed by atoms with E-state index in [1.165, 1.54) is 0 Å². The van der Waals surface area contributed by atoms with Crippen LogP contribution in [0.3, 0.4) is 0 Å². The molecule has 0 atom stereocenters. The highest BCUT2D eigenvalue weighted by molar-refractivity contribution is 5.92. The summed E-state index contributed by atoms with van der Waals surface area (Å²) >= 11 is 0. The minimum absolute atomic E-state index is 0.0513. The number of rotatable bonds is 2. The van der Waals surface area contributed by atoms with Crippen LogP contribution in [0.4, 0.5) is 0 Å². The van der Waals surface area contributed by atoms with Crippen molar-refractivity contribution in [2.45, 2.75) is 13.8 Å². The molecule has 1 N–H and O–H groups in total. The predicted octanol–water partition coefficient (Wildman–Crippen LogP) is 5.02. The van der Waals surface area contributed by atoms with Gasteiger partial charge in [0.2, 0.25) is 0 Å². The van der Waals surface area contributed by atoms with Crippen molar-refractivity contribution in [2.75, 3.05) is 0 Å². The van der Waals surface area contributed by atoms with Gasteiger partial charge < -0.3 is 9.40 Å². The first-order valence-corrected chi connectivity index (χ1v) is 9.05. The lowest BCUT2D eigenvalue weighted by Crippen LogP contribution is -2.05. The summed E-state index contributed by atoms with van der Waals surface area (Å²) in [5, 5.41) is 1.58. The second kappa shape index (κ2) is 6.16. The van der Waals surface area contributed by atoms with Gasteiger partial charge in [-0.3, -0.25) is 9.78 Å². The van der Waals surface area contributed by atoms with Crippen LogP contribution in [0.5, 0.6) is 0 Å². The fourth-order valence-corrected chi connectivity index (χ4v) is 3.51. The van der Waals surface area contributed by atoms with Gasteiger partial charge in [0.25, 0.3) is 0 Å². The van der Waals surface area contributed by atoms with Gasteiger partial charge in [0.1, 0.15) is 17.1 Å². The van der Waals surface area contributed by atoms with Crippen LogP contribution >= 0.6 is 0 Å². The molecule has 5 rings (SSSR count). The molecule has 28 heavy (non-hydrogen) atoms. The van der Waals surface area contributed by atoms with E-state index >= 15 is 0 Å². The molecule has 0 radical (unpaired) electrons. The number of pyridine rings is 3. The van der Waals surface area contributed by atoms with E-state index in [9.17, 15) is 4.79 Å². The van der Waals surface area contributed by atoms with Crippen LogP contribution in [0.2, 0.25) is 0 Å². The van der Waals surface area contributed by atoms with Crippen LogP contribution in [0.15, 0.2) is 70.0 Å². The van der Waals surface area contributed by atoms with E-state index in [-0.39, 0.29) is 5.43 Å². The molecular weight excluding hydrogens is 350 g/mol. The van der Waals surface area contributed by atoms with E-state index in [2.05, 4.69) is 16.0 Å². The maximum atomic E-state index is 12.6. The molecule has 5 heteroatoms. The molecule has 0 aliphatic rings. The van der Waals surface area contributed by atoms with E-state index in [0.29, 0.717) is 22.5 Å². The van der Waals surface area contributed by atoms with Crippen molar-refractivity contribution >= 4 is 21.9 Å². The number of nitrogens with one attached hydrogen (secondary N) is 1. The second-order valence-electron chi connectivity index (χ2n) is 6.92. The quantitative estimate of drug-likeness (QED) is 0.476. The summed E-state index contributed by atoms with van der Waals surface area (Å²) in [6, 6.07) is 17.3. The highest BCUT2D eigenvalue weighted by Gasteiger charge is 2.16. The highest BCUT2D eigenvalue weighted by Crippen LogP contribution is 2.34. The van der Waals surface area contributed by atoms with Gasteiger partial charge in [-0.2, -0.15) is 0 Å². The molecule has 5 aromatic rings. The Labute approximate surface area is 160 Å². The molecule has 4 heterocycles. The maximum absolute atomic E-state index is 12.6. The van der Waals surface area contributed by atoms with Crippen molar-refractivity contribution < 1.29 is 4.42 Å². The minimum Gasteiger partial charge on any atom is -0.460 e. The smallest absolute Gasteiger partial charge is 0.191 e. The van der Waals surface area contributed by atoms with E-state index in [0.717, 1.165) is 33.5 Å². The number of furan rings is 1. The number of benzene rings is 1. The zero-order valence-corrected chi connectivity index (χ0v) is 15.5. The molecular formula is C23H17N3O2. The van der Waals surface area contributed by atoms with E-state index in [1.807, 2.05) is 56.3 Å². The lowest BCUT2D eigenvalue weighted by molar-refractivity contribution is 0.547. The molecule has 0 unspecified atom stereocenters. The molecule has 136 valence electrons. The third-order valence-corrected chi connectivity index (χ3v) is 4.84. The lowest BCUT2D eigenvalue weighted by atomic mass is 9.99. The molecule has 5 nitrogen and oxygen atoms in total. The van der Waals surface area contributed by atoms with Crippen LogP contribution < -0.4 is 5.43 Å². The standard InChI is InChI=1S/C23H17N3O2/c1-13-10-20(27)18-12-17(15-6-7-19-16(11-15)4-3-9-24-19)22(26-23(18)25-13)21-8-5-14(2)28-21/h3-12H,1-2H3,(H,25,26,27). The monoisotopic (exact) mass is 367 g/mol. The topological polar surface area (TPSA) is 71.8 Å². The maximum Gasteiger partial charge on any atom is 0.191 e. The first-order chi connectivity index (χ1) is 13.6. The predicted molar refractivity (Wildman–Crippen MR) is 110 cm³/mol. The summed E-state index contributed by atoms with van der Waals surface area (Å²) in [5.74, 6) is 1.48. The number of H-pyrrole nitrogens is 1. The zero-order chi connectivity index (χ0) is 19.3. The Kier molecular flexibility index (Phi) is 3.62. The number of nitrogens with zero attached hydrogens (tertiary/aromatic N) is 2. The minimum atomic E-state index is -0.0513. The Balaban J connectivity index is 1.85. The lowest BCUT2D eigenvalue weighted by Gasteiger charge is -2.11. The van der Waals surface area contributed by atoms with E-state index in [4.69, 9.17) is 9.40 Å². The van der Waals surface area contributed by atoms with Gasteiger partial charge in [-0.25, -0.2) is 4.98 Å². The average Bonchev–Trinajstić information content (AvgIpc) is 3.13. The van der Waals surface area contributed by atoms with Gasteiger partial charge >= 0.3 is 0 Å². The largest absolute Gasteiger partial charge is 0.460 e. The van der Waals surface area contributed by atoms with Gasteiger partial charge in [-0.1, -0.05) is 12.1 Å². The van der Waals surface area contributed by atoms with Gasteiger partial charge in [0.05, 0.1) is 10.9 Å². The summed E-state index contributed by atoms with van der Waals surface area (Å²) in [4.78, 5) is 24.9. The van der Waals surface area contributed by atoms with Crippen LogP contribution in [-0.2, 0) is 0 Å². The Morgan fingerprint density at radius 1 is 1.00 bits per heavy atom. The third-order valence-electron chi connectivity index (χ3n) is 4.84. The Hall–Kier alpha value is -3.73. The summed E-state index contributed by atoms with van der Waals surface area (Å²) in [6.45, 7) is 3.75.